The van der Waals surface area contributed by atoms with Gasteiger partial charge < -0.3 is 10.5 Å². The number of benzene rings is 1. The lowest BCUT2D eigenvalue weighted by Crippen LogP contribution is -2.31. The molecule has 0 bridgehead atoms. The molecule has 2 heterocycles. The van der Waals surface area contributed by atoms with Crippen molar-refractivity contribution in [3.8, 4) is 11.4 Å². The van der Waals surface area contributed by atoms with Gasteiger partial charge in [0.15, 0.2) is 0 Å². The first-order valence-electron chi connectivity index (χ1n) is 7.06. The molecule has 0 amide bonds. The van der Waals surface area contributed by atoms with Gasteiger partial charge in [-0.15, -0.1) is 12.4 Å². The van der Waals surface area contributed by atoms with Crippen molar-refractivity contribution in [3.63, 3.8) is 0 Å². The van der Waals surface area contributed by atoms with E-state index in [9.17, 15) is 8.42 Å². The second-order valence-electron chi connectivity index (χ2n) is 5.35. The third-order valence-electron chi connectivity index (χ3n) is 3.77. The van der Waals surface area contributed by atoms with Gasteiger partial charge in [0.25, 0.3) is 0 Å². The number of methoxy groups -OCH3 is 1. The number of sulfonamides is 1. The highest BCUT2D eigenvalue weighted by molar-refractivity contribution is 7.89. The number of ether oxygens (including phenoxy) is 1. The lowest BCUT2D eigenvalue weighted by atomic mass is 10.3. The number of hydrogen-bond donors (Lipinski definition) is 1. The second-order valence-corrected chi connectivity index (χ2v) is 7.72. The van der Waals surface area contributed by atoms with Gasteiger partial charge in [-0.25, -0.2) is 13.1 Å². The number of nitrogens with two attached hydrogens (primary N) is 1. The Labute approximate surface area is 151 Å². The number of halogens is 2. The molecule has 1 aliphatic heterocycles. The monoisotopic (exact) mass is 392 g/mol. The van der Waals surface area contributed by atoms with Crippen molar-refractivity contribution in [2.75, 3.05) is 20.2 Å². The summed E-state index contributed by atoms with van der Waals surface area (Å²) in [5, 5.41) is 4.64. The van der Waals surface area contributed by atoms with Crippen LogP contribution in [0.4, 0.5) is 0 Å². The molecule has 3 rings (SSSR count). The van der Waals surface area contributed by atoms with Crippen LogP contribution in [0.1, 0.15) is 6.42 Å². The third-order valence-corrected chi connectivity index (χ3v) is 5.82. The lowest BCUT2D eigenvalue weighted by Gasteiger charge is -2.14. The van der Waals surface area contributed by atoms with Gasteiger partial charge in [-0.1, -0.05) is 11.6 Å². The van der Waals surface area contributed by atoms with E-state index in [1.807, 2.05) is 0 Å². The summed E-state index contributed by atoms with van der Waals surface area (Å²) in [4.78, 5) is 0.119. The maximum atomic E-state index is 12.6. The van der Waals surface area contributed by atoms with E-state index >= 15 is 0 Å². The van der Waals surface area contributed by atoms with Crippen LogP contribution in [-0.4, -0.2) is 48.7 Å². The van der Waals surface area contributed by atoms with Gasteiger partial charge in [0.2, 0.25) is 10.0 Å². The van der Waals surface area contributed by atoms with E-state index < -0.39 is 10.0 Å². The Morgan fingerprint density at radius 1 is 1.42 bits per heavy atom. The molecule has 2 aromatic rings. The fourth-order valence-electron chi connectivity index (χ4n) is 2.53. The zero-order chi connectivity index (χ0) is 16.6. The third kappa shape index (κ3) is 3.52. The quantitative estimate of drug-likeness (QED) is 0.854. The van der Waals surface area contributed by atoms with Crippen LogP contribution in [0.5, 0.6) is 5.75 Å². The fraction of sp³-hybridized carbons (Fsp3) is 0.357. The van der Waals surface area contributed by atoms with E-state index in [4.69, 9.17) is 22.1 Å². The summed E-state index contributed by atoms with van der Waals surface area (Å²) >= 11 is 6.00. The van der Waals surface area contributed by atoms with Crippen LogP contribution >= 0.6 is 24.0 Å². The Morgan fingerprint density at radius 3 is 2.79 bits per heavy atom. The Balaban J connectivity index is 0.00000208. The molecule has 1 atom stereocenters. The highest BCUT2D eigenvalue weighted by Crippen LogP contribution is 2.27. The van der Waals surface area contributed by atoms with Gasteiger partial charge in [-0.3, -0.25) is 0 Å². The largest absolute Gasteiger partial charge is 0.494 e. The van der Waals surface area contributed by atoms with E-state index in [-0.39, 0.29) is 23.3 Å². The summed E-state index contributed by atoms with van der Waals surface area (Å²) < 4.78 is 33.3. The van der Waals surface area contributed by atoms with Crippen LogP contribution in [0.2, 0.25) is 5.02 Å². The molecule has 132 valence electrons. The van der Waals surface area contributed by atoms with Crippen LogP contribution in [-0.2, 0) is 10.0 Å². The molecule has 1 unspecified atom stereocenters. The van der Waals surface area contributed by atoms with E-state index in [1.165, 1.54) is 28.5 Å². The van der Waals surface area contributed by atoms with Crippen LogP contribution in [0.15, 0.2) is 35.5 Å². The minimum absolute atomic E-state index is 0. The summed E-state index contributed by atoms with van der Waals surface area (Å²) in [6.07, 6.45) is 3.43. The van der Waals surface area contributed by atoms with E-state index in [0.717, 1.165) is 0 Å². The summed E-state index contributed by atoms with van der Waals surface area (Å²) in [5.41, 5.74) is 6.36. The summed E-state index contributed by atoms with van der Waals surface area (Å²) in [6.45, 7) is 0.753. The average molecular weight is 393 g/mol. The van der Waals surface area contributed by atoms with Crippen LogP contribution in [0, 0.1) is 0 Å². The zero-order valence-corrected chi connectivity index (χ0v) is 15.3. The molecular formula is C14H18Cl2N4O3S. The topological polar surface area (TPSA) is 90.5 Å². The number of aromatic nitrogens is 2. The minimum atomic E-state index is -3.59. The lowest BCUT2D eigenvalue weighted by molar-refractivity contribution is 0.411. The summed E-state index contributed by atoms with van der Waals surface area (Å²) in [6, 6.07) is 4.94. The normalized spacial score (nSPS) is 18.4. The molecule has 24 heavy (non-hydrogen) atoms. The first-order valence-corrected chi connectivity index (χ1v) is 8.88. The van der Waals surface area contributed by atoms with Crippen molar-refractivity contribution >= 4 is 34.0 Å². The van der Waals surface area contributed by atoms with Crippen molar-refractivity contribution in [2.24, 2.45) is 5.73 Å². The Bertz CT molecular complexity index is 825. The number of nitrogens with zero attached hydrogens (tertiary/aromatic N) is 3. The van der Waals surface area contributed by atoms with Gasteiger partial charge in [0.05, 0.1) is 19.5 Å². The van der Waals surface area contributed by atoms with Crippen molar-refractivity contribution in [2.45, 2.75) is 17.4 Å². The predicted molar refractivity (Wildman–Crippen MR) is 93.7 cm³/mol. The summed E-state index contributed by atoms with van der Waals surface area (Å²) in [5.74, 6) is 0.546. The molecule has 0 saturated carbocycles. The van der Waals surface area contributed by atoms with Gasteiger partial charge in [0.1, 0.15) is 16.3 Å². The molecule has 0 radical (unpaired) electrons. The Kier molecular flexibility index (Phi) is 5.77. The molecule has 0 aliphatic carbocycles. The summed E-state index contributed by atoms with van der Waals surface area (Å²) in [7, 11) is -2.06. The molecular weight excluding hydrogens is 375 g/mol. The molecule has 0 spiro atoms. The minimum Gasteiger partial charge on any atom is -0.494 e. The van der Waals surface area contributed by atoms with Crippen molar-refractivity contribution < 1.29 is 13.2 Å². The van der Waals surface area contributed by atoms with E-state index in [1.54, 1.807) is 18.2 Å². The van der Waals surface area contributed by atoms with Gasteiger partial charge >= 0.3 is 0 Å². The average Bonchev–Trinajstić information content (AvgIpc) is 3.16. The maximum Gasteiger partial charge on any atom is 0.246 e. The zero-order valence-electron chi connectivity index (χ0n) is 12.9. The molecule has 1 fully saturated rings. The number of hydrogen-bond acceptors (Lipinski definition) is 5. The smallest absolute Gasteiger partial charge is 0.246 e. The van der Waals surface area contributed by atoms with Gasteiger partial charge in [0, 0.05) is 24.2 Å². The SMILES string of the molecule is COc1ccc(Cl)cc1-n1cc(S(=O)(=O)N2CCC(N)C2)cn1.Cl. The van der Waals surface area contributed by atoms with Gasteiger partial charge in [-0.05, 0) is 24.6 Å². The molecule has 10 heteroatoms. The highest BCUT2D eigenvalue weighted by atomic mass is 35.5. The number of rotatable bonds is 4. The Hall–Kier alpha value is -1.32. The molecule has 1 aliphatic rings. The Morgan fingerprint density at radius 2 is 2.17 bits per heavy atom. The second kappa shape index (κ2) is 7.28. The molecule has 1 aromatic heterocycles. The van der Waals surface area contributed by atoms with Crippen molar-refractivity contribution in [1.82, 2.24) is 14.1 Å². The van der Waals surface area contributed by atoms with Crippen molar-refractivity contribution in [1.29, 1.82) is 0 Å². The highest BCUT2D eigenvalue weighted by Gasteiger charge is 2.32. The maximum absolute atomic E-state index is 12.6. The van der Waals surface area contributed by atoms with E-state index in [0.29, 0.717) is 36.0 Å². The fourth-order valence-corrected chi connectivity index (χ4v) is 4.15. The van der Waals surface area contributed by atoms with Crippen molar-refractivity contribution in [3.05, 3.63) is 35.6 Å². The van der Waals surface area contributed by atoms with Crippen LogP contribution < -0.4 is 10.5 Å². The van der Waals surface area contributed by atoms with E-state index in [2.05, 4.69) is 5.10 Å². The molecule has 7 nitrogen and oxygen atoms in total. The predicted octanol–water partition coefficient (Wildman–Crippen LogP) is 1.68. The van der Waals surface area contributed by atoms with Gasteiger partial charge in [-0.2, -0.15) is 9.40 Å². The molecule has 1 saturated heterocycles. The molecule has 2 N–H and O–H groups in total. The standard InChI is InChI=1S/C14H17ClN4O3S.ClH/c1-22-14-3-2-10(15)6-13(14)19-9-12(7-17-19)23(20,21)18-5-4-11(16)8-18;/h2-3,6-7,9,11H,4-5,8,16H2,1H3;1H. The molecule has 1 aromatic carbocycles. The first kappa shape index (κ1) is 19.0. The first-order chi connectivity index (χ1) is 10.9. The van der Waals surface area contributed by atoms with Crippen LogP contribution in [0.3, 0.4) is 0 Å². The van der Waals surface area contributed by atoms with Crippen LogP contribution in [0.25, 0.3) is 5.69 Å².